The second kappa shape index (κ2) is 19.6. The van der Waals surface area contributed by atoms with Gasteiger partial charge in [-0.25, -0.2) is 0 Å². The maximum Gasteiger partial charge on any atom is 0.104 e. The molecule has 0 bridgehead atoms. The van der Waals surface area contributed by atoms with E-state index in [1.54, 1.807) is 0 Å². The number of fused-ring (bicyclic) bond motifs is 20. The Morgan fingerprint density at radius 2 is 0.554 bits per heavy atom. The molecule has 0 aliphatic carbocycles. The van der Waals surface area contributed by atoms with Crippen molar-refractivity contribution in [1.29, 1.82) is 5.26 Å². The molecule has 6 aromatic heterocycles. The second-order valence-electron chi connectivity index (χ2n) is 24.1. The van der Waals surface area contributed by atoms with Gasteiger partial charge in [0.2, 0.25) is 0 Å². The molecule has 0 aliphatic heterocycles. The molecular formula is C85H49N5S2. The number of hydrogen-bond donors (Lipinski definition) is 0. The van der Waals surface area contributed by atoms with Gasteiger partial charge in [0, 0.05) is 89.0 Å². The molecule has 6 heterocycles. The number of para-hydroxylation sites is 6. The average molecular weight is 1200 g/mol. The number of hydrogen-bond acceptors (Lipinski definition) is 3. The molecule has 20 aromatic rings. The van der Waals surface area contributed by atoms with Crippen LogP contribution in [0.3, 0.4) is 0 Å². The van der Waals surface area contributed by atoms with E-state index in [1.807, 2.05) is 22.7 Å². The zero-order valence-electron chi connectivity index (χ0n) is 49.3. The van der Waals surface area contributed by atoms with E-state index in [0.29, 0.717) is 5.56 Å². The summed E-state index contributed by atoms with van der Waals surface area (Å²) in [5, 5.41) is 27.2. The molecule has 0 atom stereocenters. The van der Waals surface area contributed by atoms with Crippen LogP contribution in [0, 0.1) is 11.3 Å². The fourth-order valence-corrected chi connectivity index (χ4v) is 18.0. The highest BCUT2D eigenvalue weighted by atomic mass is 32.1. The Balaban J connectivity index is 1.04. The van der Waals surface area contributed by atoms with Gasteiger partial charge in [-0.2, -0.15) is 5.26 Å². The smallest absolute Gasteiger partial charge is 0.104 e. The van der Waals surface area contributed by atoms with E-state index in [0.717, 1.165) is 110 Å². The number of nitrogens with zero attached hydrogens (tertiary/aromatic N) is 5. The Bertz CT molecular complexity index is 6090. The summed E-state index contributed by atoms with van der Waals surface area (Å²) in [6.07, 6.45) is 0. The minimum Gasteiger partial charge on any atom is -0.306 e. The van der Waals surface area contributed by atoms with E-state index in [1.165, 1.54) is 73.4 Å². The number of rotatable bonds is 7. The van der Waals surface area contributed by atoms with Crippen LogP contribution in [-0.4, -0.2) is 18.3 Å². The van der Waals surface area contributed by atoms with Crippen LogP contribution >= 0.6 is 22.7 Å². The van der Waals surface area contributed by atoms with Crippen molar-refractivity contribution in [3.8, 4) is 62.2 Å². The molecule has 0 aliphatic rings. The summed E-state index contributed by atoms with van der Waals surface area (Å²) in [7, 11) is 0. The van der Waals surface area contributed by atoms with Crippen LogP contribution in [0.5, 0.6) is 0 Å². The molecule has 0 radical (unpaired) electrons. The Morgan fingerprint density at radius 3 is 0.924 bits per heavy atom. The first-order valence-corrected chi connectivity index (χ1v) is 32.8. The normalized spacial score (nSPS) is 12.1. The highest BCUT2D eigenvalue weighted by Gasteiger charge is 2.36. The van der Waals surface area contributed by atoms with E-state index in [2.05, 4.69) is 322 Å². The summed E-state index contributed by atoms with van der Waals surface area (Å²) in [5.41, 5.74) is 18.9. The maximum absolute atomic E-state index is 13.2. The molecule has 5 nitrogen and oxygen atoms in total. The van der Waals surface area contributed by atoms with E-state index >= 15 is 0 Å². The zero-order chi connectivity index (χ0) is 60.3. The third kappa shape index (κ3) is 7.10. The largest absolute Gasteiger partial charge is 0.306 e. The molecule has 7 heteroatoms. The number of benzene rings is 14. The molecule has 0 unspecified atom stereocenters. The topological polar surface area (TPSA) is 43.5 Å². The van der Waals surface area contributed by atoms with Crippen LogP contribution in [-0.2, 0) is 0 Å². The van der Waals surface area contributed by atoms with Crippen molar-refractivity contribution >= 4 is 150 Å². The van der Waals surface area contributed by atoms with Gasteiger partial charge in [-0.15, -0.1) is 22.7 Å². The van der Waals surface area contributed by atoms with E-state index < -0.39 is 0 Å². The van der Waals surface area contributed by atoms with Gasteiger partial charge in [-0.05, 0) is 101 Å². The summed E-state index contributed by atoms with van der Waals surface area (Å²) in [5.74, 6) is 0. The van der Waals surface area contributed by atoms with Gasteiger partial charge in [0.15, 0.2) is 0 Å². The lowest BCUT2D eigenvalue weighted by molar-refractivity contribution is 1.04. The Kier molecular flexibility index (Phi) is 10.9. The Hall–Kier alpha value is -11.8. The predicted octanol–water partition coefficient (Wildman–Crippen LogP) is 23.7. The SMILES string of the molecule is N#Cc1c(-n2c3ccccc3c3ccccc32)c(-n2c3ccccc3c3c4sc5ccc(-c6ccccc6)cc5c4ccc32)c(-c2ccccc2)c(-n2c3ccccc3c3c4sc5ccc(-c6ccccc6)cc5c4ccc32)c1-n1c2ccccc2c2ccccc21. The van der Waals surface area contributed by atoms with Gasteiger partial charge in [0.05, 0.1) is 66.9 Å². The molecule has 0 amide bonds. The predicted molar refractivity (Wildman–Crippen MR) is 391 cm³/mol. The van der Waals surface area contributed by atoms with Crippen LogP contribution < -0.4 is 0 Å². The summed E-state index contributed by atoms with van der Waals surface area (Å²) in [6.45, 7) is 0. The molecule has 426 valence electrons. The Labute approximate surface area is 535 Å². The van der Waals surface area contributed by atoms with Crippen molar-refractivity contribution in [1.82, 2.24) is 18.3 Å². The van der Waals surface area contributed by atoms with Gasteiger partial charge in [0.1, 0.15) is 11.6 Å². The van der Waals surface area contributed by atoms with Crippen molar-refractivity contribution < 1.29 is 0 Å². The van der Waals surface area contributed by atoms with Gasteiger partial charge in [0.25, 0.3) is 0 Å². The molecular weight excluding hydrogens is 1160 g/mol. The van der Waals surface area contributed by atoms with Gasteiger partial charge < -0.3 is 18.3 Å². The van der Waals surface area contributed by atoms with Crippen molar-refractivity contribution in [2.45, 2.75) is 0 Å². The standard InChI is InChI=1S/C85H49N5S2/c86-50-66-80(87-67-34-16-10-28-56(67)57-29-11-17-35-68(57)87)82(89-71-38-20-14-32-62(71)78-73(89)44-42-60-64-48-54(51-22-4-1-5-23-51)40-46-75(64)91-84(60)78)77(53-26-8-3-9-27-53)83(81(66)88-69-36-18-12-30-58(69)59-31-13-19-37-70(59)88)90-72-39-21-15-33-63(72)79-74(90)45-43-61-65-49-55(52-24-6-2-7-25-52)41-47-76(65)92-85(61)79/h1-49H. The number of nitriles is 1. The summed E-state index contributed by atoms with van der Waals surface area (Å²) < 4.78 is 14.8. The maximum atomic E-state index is 13.2. The first-order valence-electron chi connectivity index (χ1n) is 31.2. The van der Waals surface area contributed by atoms with Gasteiger partial charge in [-0.1, -0.05) is 224 Å². The van der Waals surface area contributed by atoms with Crippen LogP contribution in [0.25, 0.3) is 184 Å². The third-order valence-electron chi connectivity index (χ3n) is 19.4. The van der Waals surface area contributed by atoms with Crippen molar-refractivity contribution in [2.24, 2.45) is 0 Å². The van der Waals surface area contributed by atoms with Crippen molar-refractivity contribution in [2.75, 3.05) is 0 Å². The molecule has 20 rings (SSSR count). The molecule has 0 spiro atoms. The second-order valence-corrected chi connectivity index (χ2v) is 26.2. The fourth-order valence-electron chi connectivity index (χ4n) is 15.6. The minimum atomic E-state index is 0.539. The molecule has 0 fully saturated rings. The van der Waals surface area contributed by atoms with Crippen LogP contribution in [0.4, 0.5) is 0 Å². The third-order valence-corrected chi connectivity index (χ3v) is 21.8. The fraction of sp³-hybridized carbons (Fsp3) is 0. The highest BCUT2D eigenvalue weighted by Crippen LogP contribution is 2.54. The highest BCUT2D eigenvalue weighted by molar-refractivity contribution is 7.27. The van der Waals surface area contributed by atoms with E-state index in [4.69, 9.17) is 0 Å². The molecule has 0 N–H and O–H groups in total. The van der Waals surface area contributed by atoms with Gasteiger partial charge in [-0.3, -0.25) is 0 Å². The Morgan fingerprint density at radius 1 is 0.239 bits per heavy atom. The van der Waals surface area contributed by atoms with Gasteiger partial charge >= 0.3 is 0 Å². The number of thiophene rings is 2. The van der Waals surface area contributed by atoms with E-state index in [-0.39, 0.29) is 0 Å². The molecule has 0 saturated heterocycles. The van der Waals surface area contributed by atoms with E-state index in [9.17, 15) is 5.26 Å². The molecule has 14 aromatic carbocycles. The summed E-state index contributed by atoms with van der Waals surface area (Å²) >= 11 is 3.73. The monoisotopic (exact) mass is 1200 g/mol. The number of aromatic nitrogens is 4. The van der Waals surface area contributed by atoms with Crippen LogP contribution in [0.15, 0.2) is 297 Å². The summed E-state index contributed by atoms with van der Waals surface area (Å²) in [6, 6.07) is 112. The first-order chi connectivity index (χ1) is 45.7. The molecule has 92 heavy (non-hydrogen) atoms. The first kappa shape index (κ1) is 51.1. The quantitative estimate of drug-likeness (QED) is 0.157. The zero-order valence-corrected chi connectivity index (χ0v) is 51.0. The molecule has 0 saturated carbocycles. The lowest BCUT2D eigenvalue weighted by Crippen LogP contribution is -2.16. The lowest BCUT2D eigenvalue weighted by atomic mass is 9.93. The minimum absolute atomic E-state index is 0.539. The van der Waals surface area contributed by atoms with Crippen molar-refractivity contribution in [3.05, 3.63) is 303 Å². The average Bonchev–Trinajstić information content (AvgIpc) is 1.45. The van der Waals surface area contributed by atoms with Crippen LogP contribution in [0.1, 0.15) is 5.56 Å². The van der Waals surface area contributed by atoms with Crippen molar-refractivity contribution in [3.63, 3.8) is 0 Å². The van der Waals surface area contributed by atoms with Crippen LogP contribution in [0.2, 0.25) is 0 Å². The summed E-state index contributed by atoms with van der Waals surface area (Å²) in [4.78, 5) is 0. The lowest BCUT2D eigenvalue weighted by Gasteiger charge is -2.29.